The zero-order valence-electron chi connectivity index (χ0n) is 21.8. The number of aliphatic carboxylic acids is 1. The molecule has 0 saturated carbocycles. The molecule has 1 aliphatic rings. The summed E-state index contributed by atoms with van der Waals surface area (Å²) in [4.78, 5) is 38.0. The molecule has 38 heavy (non-hydrogen) atoms. The number of carbonyl (C=O) groups excluding carboxylic acids is 1. The van der Waals surface area contributed by atoms with Gasteiger partial charge >= 0.3 is 5.97 Å². The van der Waals surface area contributed by atoms with Gasteiger partial charge < -0.3 is 20.7 Å². The summed E-state index contributed by atoms with van der Waals surface area (Å²) in [5.41, 5.74) is 9.53. The van der Waals surface area contributed by atoms with Crippen LogP contribution < -0.4 is 11.3 Å². The number of rotatable bonds is 5. The second-order valence-corrected chi connectivity index (χ2v) is 9.10. The van der Waals surface area contributed by atoms with E-state index >= 15 is 0 Å². The van der Waals surface area contributed by atoms with Crippen molar-refractivity contribution in [1.29, 1.82) is 0 Å². The van der Waals surface area contributed by atoms with Crippen LogP contribution in [-0.2, 0) is 16.0 Å². The molecule has 1 saturated heterocycles. The van der Waals surface area contributed by atoms with Gasteiger partial charge in [0.2, 0.25) is 6.41 Å². The number of aromatic amines is 2. The van der Waals surface area contributed by atoms with E-state index in [1.54, 1.807) is 17.2 Å². The number of aromatic nitrogens is 3. The van der Waals surface area contributed by atoms with E-state index in [9.17, 15) is 18.8 Å². The number of carboxylic acids is 1. The minimum absolute atomic E-state index is 0.157. The number of amides is 1. The Morgan fingerprint density at radius 1 is 1.21 bits per heavy atom. The van der Waals surface area contributed by atoms with Crippen LogP contribution in [0.3, 0.4) is 0 Å². The van der Waals surface area contributed by atoms with Gasteiger partial charge in [-0.2, -0.15) is 5.10 Å². The molecule has 0 radical (unpaired) electrons. The number of halogens is 1. The molecule has 9 nitrogen and oxygen atoms in total. The molecule has 0 spiro atoms. The van der Waals surface area contributed by atoms with Gasteiger partial charge in [-0.05, 0) is 78.9 Å². The van der Waals surface area contributed by atoms with E-state index in [0.717, 1.165) is 52.2 Å². The van der Waals surface area contributed by atoms with Crippen molar-refractivity contribution in [3.63, 3.8) is 0 Å². The van der Waals surface area contributed by atoms with Gasteiger partial charge in [-0.3, -0.25) is 19.5 Å². The highest BCUT2D eigenvalue weighted by atomic mass is 19.1. The van der Waals surface area contributed by atoms with E-state index in [4.69, 9.17) is 10.8 Å². The molecule has 1 unspecified atom stereocenters. The Morgan fingerprint density at radius 3 is 2.58 bits per heavy atom. The first-order valence-corrected chi connectivity index (χ1v) is 12.7. The van der Waals surface area contributed by atoms with Gasteiger partial charge in [0.1, 0.15) is 11.9 Å². The molecule has 1 atom stereocenters. The van der Waals surface area contributed by atoms with E-state index in [-0.39, 0.29) is 17.3 Å². The normalized spacial score (nSPS) is 14.3. The maximum Gasteiger partial charge on any atom is 0.320 e. The van der Waals surface area contributed by atoms with Crippen LogP contribution in [0.2, 0.25) is 0 Å². The summed E-state index contributed by atoms with van der Waals surface area (Å²) in [6.07, 6.45) is 4.47. The number of pyridine rings is 1. The number of aryl methyl sites for hydroxylation is 1. The van der Waals surface area contributed by atoms with E-state index in [0.29, 0.717) is 25.0 Å². The van der Waals surface area contributed by atoms with Crippen molar-refractivity contribution in [1.82, 2.24) is 20.1 Å². The summed E-state index contributed by atoms with van der Waals surface area (Å²) in [5, 5.41) is 17.4. The van der Waals surface area contributed by atoms with Crippen molar-refractivity contribution < 1.29 is 19.1 Å². The van der Waals surface area contributed by atoms with E-state index < -0.39 is 12.0 Å². The third-order valence-electron chi connectivity index (χ3n) is 6.53. The smallest absolute Gasteiger partial charge is 0.320 e. The van der Waals surface area contributed by atoms with Gasteiger partial charge in [0, 0.05) is 24.0 Å². The van der Waals surface area contributed by atoms with Crippen LogP contribution in [-0.4, -0.2) is 56.7 Å². The van der Waals surface area contributed by atoms with Crippen molar-refractivity contribution in [3.05, 3.63) is 75.5 Å². The van der Waals surface area contributed by atoms with Crippen molar-refractivity contribution in [3.8, 4) is 0 Å². The first-order valence-electron chi connectivity index (χ1n) is 12.7. The van der Waals surface area contributed by atoms with Gasteiger partial charge in [-0.25, -0.2) is 4.39 Å². The van der Waals surface area contributed by atoms with Crippen LogP contribution in [0.25, 0.3) is 21.8 Å². The molecular weight excluding hydrogens is 489 g/mol. The lowest BCUT2D eigenvalue weighted by molar-refractivity contribution is -0.138. The molecule has 5 N–H and O–H groups in total. The molecule has 0 bridgehead atoms. The standard InChI is InChI=1S/C15H15FN2O2.C11H13N3O2.C2H6/c16-12-2-1-11-7-13(15(20)17-14(11)8-12)10-3-5-18(9-19)6-4-10;1-6-2-7(4-9(12)11(15)16)3-8-5-13-14-10(6)8;1-2/h1-2,7-10H,3-6H2,(H,17,20);2-3,5,9H,4,12H2,1H3,(H,13,14)(H,15,16);1-2H3. The highest BCUT2D eigenvalue weighted by molar-refractivity contribution is 5.82. The summed E-state index contributed by atoms with van der Waals surface area (Å²) >= 11 is 0. The highest BCUT2D eigenvalue weighted by Gasteiger charge is 2.22. The maximum atomic E-state index is 13.1. The van der Waals surface area contributed by atoms with Crippen LogP contribution in [0, 0.1) is 12.7 Å². The molecule has 3 heterocycles. The lowest BCUT2D eigenvalue weighted by Crippen LogP contribution is -2.33. The number of carboxylic acid groups (broad SMARTS) is 1. The molecule has 1 amide bonds. The Morgan fingerprint density at radius 2 is 1.92 bits per heavy atom. The second kappa shape index (κ2) is 13.0. The molecule has 5 rings (SSSR count). The Balaban J connectivity index is 0.000000202. The number of nitrogens with two attached hydrogens (primary N) is 1. The molecule has 1 aliphatic heterocycles. The summed E-state index contributed by atoms with van der Waals surface area (Å²) < 4.78 is 13.1. The minimum atomic E-state index is -0.982. The lowest BCUT2D eigenvalue weighted by atomic mass is 9.90. The maximum absolute atomic E-state index is 13.1. The first-order chi connectivity index (χ1) is 18.2. The molecular formula is C28H34FN5O4. The Kier molecular flexibility index (Phi) is 9.72. The molecule has 202 valence electrons. The topological polar surface area (TPSA) is 145 Å². The number of nitrogens with zero attached hydrogens (tertiary/aromatic N) is 2. The van der Waals surface area contributed by atoms with Crippen molar-refractivity contribution >= 4 is 34.2 Å². The number of hydrogen-bond acceptors (Lipinski definition) is 5. The molecule has 0 aliphatic carbocycles. The molecule has 10 heteroatoms. The predicted molar refractivity (Wildman–Crippen MR) is 146 cm³/mol. The lowest BCUT2D eigenvalue weighted by Gasteiger charge is -2.29. The average molecular weight is 524 g/mol. The number of likely N-dealkylation sites (tertiary alicyclic amines) is 1. The number of H-pyrrole nitrogens is 2. The first kappa shape index (κ1) is 28.5. The zero-order chi connectivity index (χ0) is 27.8. The van der Waals surface area contributed by atoms with Crippen molar-refractivity contribution in [2.75, 3.05) is 13.1 Å². The largest absolute Gasteiger partial charge is 0.480 e. The van der Waals surface area contributed by atoms with Crippen LogP contribution in [0.5, 0.6) is 0 Å². The minimum Gasteiger partial charge on any atom is -0.480 e. The third-order valence-corrected chi connectivity index (χ3v) is 6.53. The van der Waals surface area contributed by atoms with Gasteiger partial charge in [-0.1, -0.05) is 19.9 Å². The van der Waals surface area contributed by atoms with Gasteiger partial charge in [0.15, 0.2) is 0 Å². The summed E-state index contributed by atoms with van der Waals surface area (Å²) in [5.74, 6) is -1.19. The third kappa shape index (κ3) is 6.83. The predicted octanol–water partition coefficient (Wildman–Crippen LogP) is 3.85. The highest BCUT2D eigenvalue weighted by Crippen LogP contribution is 2.27. The quantitative estimate of drug-likeness (QED) is 0.292. The Bertz CT molecular complexity index is 1460. The van der Waals surface area contributed by atoms with Crippen LogP contribution in [0.4, 0.5) is 4.39 Å². The van der Waals surface area contributed by atoms with Gasteiger partial charge in [0.25, 0.3) is 5.56 Å². The Labute approximate surface area is 219 Å². The van der Waals surface area contributed by atoms with E-state index in [2.05, 4.69) is 15.2 Å². The number of carbonyl (C=O) groups is 2. The number of nitrogens with one attached hydrogen (secondary N) is 2. The number of piperidine rings is 1. The van der Waals surface area contributed by atoms with Crippen molar-refractivity contribution in [2.45, 2.75) is 52.0 Å². The molecule has 2 aromatic heterocycles. The number of hydrogen-bond donors (Lipinski definition) is 4. The molecule has 2 aromatic carbocycles. The number of benzene rings is 2. The second-order valence-electron chi connectivity index (χ2n) is 9.10. The molecule has 1 fully saturated rings. The zero-order valence-corrected chi connectivity index (χ0v) is 21.8. The fraction of sp³-hybridized carbons (Fsp3) is 0.357. The Hall–Kier alpha value is -4.05. The fourth-order valence-corrected chi connectivity index (χ4v) is 4.58. The van der Waals surface area contributed by atoms with Gasteiger partial charge in [-0.15, -0.1) is 0 Å². The molecule has 4 aromatic rings. The monoisotopic (exact) mass is 523 g/mol. The average Bonchev–Trinajstić information content (AvgIpc) is 3.39. The van der Waals surface area contributed by atoms with Crippen LogP contribution >= 0.6 is 0 Å². The summed E-state index contributed by atoms with van der Waals surface area (Å²) in [7, 11) is 0. The van der Waals surface area contributed by atoms with E-state index in [1.165, 1.54) is 12.1 Å². The van der Waals surface area contributed by atoms with Gasteiger partial charge in [0.05, 0.1) is 17.2 Å². The van der Waals surface area contributed by atoms with Crippen LogP contribution in [0.15, 0.2) is 47.4 Å². The van der Waals surface area contributed by atoms with E-state index in [1.807, 2.05) is 39.0 Å². The summed E-state index contributed by atoms with van der Waals surface area (Å²) in [6, 6.07) is 9.22. The SMILES string of the molecule is CC.Cc1cc(CC(N)C(=O)O)cc2cn[nH]c12.O=CN1CCC(c2cc3ccc(F)cc3[nH]c2=O)CC1. The fourth-order valence-electron chi connectivity index (χ4n) is 4.58. The summed E-state index contributed by atoms with van der Waals surface area (Å²) in [6.45, 7) is 7.31. The van der Waals surface area contributed by atoms with Crippen LogP contribution in [0.1, 0.15) is 49.3 Å². The van der Waals surface area contributed by atoms with Crippen molar-refractivity contribution in [2.24, 2.45) is 5.73 Å². The number of fused-ring (bicyclic) bond motifs is 2.